The van der Waals surface area contributed by atoms with Crippen molar-refractivity contribution in [3.63, 3.8) is 0 Å². The number of benzene rings is 1. The lowest BCUT2D eigenvalue weighted by Gasteiger charge is -2.20. The fourth-order valence-corrected chi connectivity index (χ4v) is 2.63. The standard InChI is InChI=1S/C14H18ClN5OS/c1-14(2,3)17-11(21)8-22-13-19-18-12(20(13)16)9-5-4-6-10(15)7-9/h4-7H,8,16H2,1-3H3,(H,17,21). The van der Waals surface area contributed by atoms with Gasteiger partial charge in [-0.05, 0) is 32.9 Å². The Balaban J connectivity index is 2.07. The van der Waals surface area contributed by atoms with E-state index in [2.05, 4.69) is 15.5 Å². The van der Waals surface area contributed by atoms with Crippen molar-refractivity contribution in [2.75, 3.05) is 11.6 Å². The van der Waals surface area contributed by atoms with Crippen molar-refractivity contribution in [1.29, 1.82) is 0 Å². The maximum Gasteiger partial charge on any atom is 0.230 e. The molecule has 0 spiro atoms. The maximum absolute atomic E-state index is 11.8. The number of thioether (sulfide) groups is 1. The zero-order valence-electron chi connectivity index (χ0n) is 12.6. The normalized spacial score (nSPS) is 11.5. The number of carbonyl (C=O) groups is 1. The molecule has 0 saturated heterocycles. The van der Waals surface area contributed by atoms with Gasteiger partial charge in [0.1, 0.15) is 0 Å². The second kappa shape index (κ2) is 6.58. The SMILES string of the molecule is CC(C)(C)NC(=O)CSc1nnc(-c2cccc(Cl)c2)n1N. The predicted octanol–water partition coefficient (Wildman–Crippen LogP) is 2.32. The molecular formula is C14H18ClN5OS. The molecule has 0 radical (unpaired) electrons. The maximum atomic E-state index is 11.8. The average molecular weight is 340 g/mol. The van der Waals surface area contributed by atoms with Crippen molar-refractivity contribution in [3.05, 3.63) is 29.3 Å². The molecule has 0 bridgehead atoms. The summed E-state index contributed by atoms with van der Waals surface area (Å²) in [5, 5.41) is 12.0. The zero-order chi connectivity index (χ0) is 16.3. The summed E-state index contributed by atoms with van der Waals surface area (Å²) < 4.78 is 1.36. The van der Waals surface area contributed by atoms with Gasteiger partial charge in [-0.1, -0.05) is 35.5 Å². The quantitative estimate of drug-likeness (QED) is 0.659. The lowest BCUT2D eigenvalue weighted by molar-refractivity contribution is -0.119. The Morgan fingerprint density at radius 2 is 2.14 bits per heavy atom. The largest absolute Gasteiger partial charge is 0.351 e. The fourth-order valence-electron chi connectivity index (χ4n) is 1.78. The molecule has 0 aliphatic heterocycles. The molecule has 6 nitrogen and oxygen atoms in total. The third kappa shape index (κ3) is 4.38. The van der Waals surface area contributed by atoms with Gasteiger partial charge < -0.3 is 11.2 Å². The van der Waals surface area contributed by atoms with E-state index < -0.39 is 0 Å². The van der Waals surface area contributed by atoms with Gasteiger partial charge in [0.05, 0.1) is 5.75 Å². The molecule has 3 N–H and O–H groups in total. The van der Waals surface area contributed by atoms with Crippen LogP contribution in [0.5, 0.6) is 0 Å². The van der Waals surface area contributed by atoms with Crippen LogP contribution in [0.2, 0.25) is 5.02 Å². The smallest absolute Gasteiger partial charge is 0.230 e. The molecule has 2 aromatic rings. The molecule has 0 aliphatic carbocycles. The van der Waals surface area contributed by atoms with E-state index in [1.807, 2.05) is 32.9 Å². The lowest BCUT2D eigenvalue weighted by Crippen LogP contribution is -2.41. The highest BCUT2D eigenvalue weighted by atomic mass is 35.5. The van der Waals surface area contributed by atoms with Gasteiger partial charge in [0, 0.05) is 16.1 Å². The van der Waals surface area contributed by atoms with Gasteiger partial charge in [-0.25, -0.2) is 4.68 Å². The summed E-state index contributed by atoms with van der Waals surface area (Å²) in [6, 6.07) is 7.19. The number of rotatable bonds is 4. The van der Waals surface area contributed by atoms with Gasteiger partial charge in [-0.15, -0.1) is 10.2 Å². The van der Waals surface area contributed by atoms with Crippen LogP contribution in [0.15, 0.2) is 29.4 Å². The van der Waals surface area contributed by atoms with E-state index in [9.17, 15) is 4.79 Å². The van der Waals surface area contributed by atoms with Gasteiger partial charge in [0.25, 0.3) is 0 Å². The number of aromatic nitrogens is 3. The van der Waals surface area contributed by atoms with Crippen molar-refractivity contribution >= 4 is 29.3 Å². The van der Waals surface area contributed by atoms with E-state index in [0.717, 1.165) is 5.56 Å². The Labute approximate surface area is 138 Å². The minimum Gasteiger partial charge on any atom is -0.351 e. The van der Waals surface area contributed by atoms with Crippen LogP contribution in [-0.4, -0.2) is 32.1 Å². The molecule has 1 aromatic heterocycles. The average Bonchev–Trinajstić information content (AvgIpc) is 2.76. The summed E-state index contributed by atoms with van der Waals surface area (Å²) in [5.41, 5.74) is 0.508. The van der Waals surface area contributed by atoms with E-state index in [1.165, 1.54) is 16.4 Å². The summed E-state index contributed by atoms with van der Waals surface area (Å²) in [4.78, 5) is 11.8. The molecule has 0 fully saturated rings. The van der Waals surface area contributed by atoms with Crippen LogP contribution in [-0.2, 0) is 4.79 Å². The van der Waals surface area contributed by atoms with Crippen LogP contribution in [0.4, 0.5) is 0 Å². The number of nitrogens with two attached hydrogens (primary N) is 1. The minimum atomic E-state index is -0.264. The summed E-state index contributed by atoms with van der Waals surface area (Å²) in [6.45, 7) is 5.79. The Morgan fingerprint density at radius 3 is 2.77 bits per heavy atom. The number of nitrogens with one attached hydrogen (secondary N) is 1. The number of halogens is 1. The molecule has 118 valence electrons. The van der Waals surface area contributed by atoms with Crippen molar-refractivity contribution in [3.8, 4) is 11.4 Å². The lowest BCUT2D eigenvalue weighted by atomic mass is 10.1. The fraction of sp³-hybridized carbons (Fsp3) is 0.357. The Hall–Kier alpha value is -1.73. The molecular weight excluding hydrogens is 322 g/mol. The zero-order valence-corrected chi connectivity index (χ0v) is 14.2. The highest BCUT2D eigenvalue weighted by Gasteiger charge is 2.17. The van der Waals surface area contributed by atoms with Crippen molar-refractivity contribution in [2.45, 2.75) is 31.5 Å². The molecule has 1 amide bonds. The van der Waals surface area contributed by atoms with Crippen LogP contribution in [0.25, 0.3) is 11.4 Å². The molecule has 2 rings (SSSR count). The van der Waals surface area contributed by atoms with Crippen molar-refractivity contribution in [1.82, 2.24) is 20.2 Å². The first-order chi connectivity index (χ1) is 10.3. The number of carbonyl (C=O) groups excluding carboxylic acids is 1. The molecule has 0 aliphatic rings. The molecule has 22 heavy (non-hydrogen) atoms. The van der Waals surface area contributed by atoms with Gasteiger partial charge in [-0.2, -0.15) is 0 Å². The Kier molecular flexibility index (Phi) is 4.97. The number of amides is 1. The molecule has 1 aromatic carbocycles. The van der Waals surface area contributed by atoms with E-state index in [1.54, 1.807) is 12.1 Å². The second-order valence-corrected chi connectivity index (χ2v) is 7.15. The highest BCUT2D eigenvalue weighted by Crippen LogP contribution is 2.23. The summed E-state index contributed by atoms with van der Waals surface area (Å²) >= 11 is 7.20. The third-order valence-electron chi connectivity index (χ3n) is 2.59. The van der Waals surface area contributed by atoms with Crippen LogP contribution < -0.4 is 11.2 Å². The third-order valence-corrected chi connectivity index (χ3v) is 3.77. The van der Waals surface area contributed by atoms with Crippen LogP contribution in [0.3, 0.4) is 0 Å². The predicted molar refractivity (Wildman–Crippen MR) is 89.2 cm³/mol. The highest BCUT2D eigenvalue weighted by molar-refractivity contribution is 7.99. The van der Waals surface area contributed by atoms with E-state index in [-0.39, 0.29) is 17.2 Å². The Morgan fingerprint density at radius 1 is 1.41 bits per heavy atom. The van der Waals surface area contributed by atoms with Crippen molar-refractivity contribution < 1.29 is 4.79 Å². The number of nitrogens with zero attached hydrogens (tertiary/aromatic N) is 3. The molecule has 0 saturated carbocycles. The van der Waals surface area contributed by atoms with E-state index in [4.69, 9.17) is 17.4 Å². The topological polar surface area (TPSA) is 85.8 Å². The van der Waals surface area contributed by atoms with Gasteiger partial charge in [0.2, 0.25) is 11.1 Å². The molecule has 8 heteroatoms. The van der Waals surface area contributed by atoms with Crippen LogP contribution >= 0.6 is 23.4 Å². The molecule has 1 heterocycles. The summed E-state index contributed by atoms with van der Waals surface area (Å²) in [5.74, 6) is 6.64. The Bertz CT molecular complexity index is 680. The van der Waals surface area contributed by atoms with Crippen molar-refractivity contribution in [2.24, 2.45) is 0 Å². The molecule has 0 atom stereocenters. The second-order valence-electron chi connectivity index (χ2n) is 5.77. The van der Waals surface area contributed by atoms with Gasteiger partial charge in [-0.3, -0.25) is 4.79 Å². The minimum absolute atomic E-state index is 0.0789. The van der Waals surface area contributed by atoms with Crippen LogP contribution in [0.1, 0.15) is 20.8 Å². The van der Waals surface area contributed by atoms with Gasteiger partial charge >= 0.3 is 0 Å². The molecule has 0 unspecified atom stereocenters. The van der Waals surface area contributed by atoms with Crippen LogP contribution in [0, 0.1) is 0 Å². The monoisotopic (exact) mass is 339 g/mol. The van der Waals surface area contributed by atoms with Gasteiger partial charge in [0.15, 0.2) is 5.82 Å². The summed E-state index contributed by atoms with van der Waals surface area (Å²) in [6.07, 6.45) is 0. The number of hydrogen-bond donors (Lipinski definition) is 2. The number of nitrogen functional groups attached to an aromatic ring is 1. The number of hydrogen-bond acceptors (Lipinski definition) is 5. The van der Waals surface area contributed by atoms with E-state index in [0.29, 0.717) is 16.0 Å². The summed E-state index contributed by atoms with van der Waals surface area (Å²) in [7, 11) is 0. The first-order valence-corrected chi connectivity index (χ1v) is 8.03. The first kappa shape index (κ1) is 16.6. The first-order valence-electron chi connectivity index (χ1n) is 6.66. The van der Waals surface area contributed by atoms with E-state index >= 15 is 0 Å².